The zero-order valence-corrected chi connectivity index (χ0v) is 41.1. The fraction of sp³-hybridized carbons (Fsp3) is 0.197. The predicted molar refractivity (Wildman–Crippen MR) is 299 cm³/mol. The molecule has 10 aromatic rings. The minimum atomic E-state index is -1.94. The van der Waals surface area contributed by atoms with Gasteiger partial charge in [0, 0.05) is 59.7 Å². The van der Waals surface area contributed by atoms with Crippen LogP contribution in [0.15, 0.2) is 188 Å². The number of aromatic nitrogens is 2. The molecule has 0 unspecified atom stereocenters. The second kappa shape index (κ2) is 18.6. The first-order chi connectivity index (χ1) is 39.1. The summed E-state index contributed by atoms with van der Waals surface area (Å²) in [5, 5.41) is 0.729. The Morgan fingerprint density at radius 3 is 1.96 bits per heavy atom. The van der Waals surface area contributed by atoms with Gasteiger partial charge in [-0.25, -0.2) is 4.98 Å². The van der Waals surface area contributed by atoms with Crippen LogP contribution in [-0.4, -0.2) is 16.2 Å². The van der Waals surface area contributed by atoms with E-state index in [1.807, 2.05) is 143 Å². The first-order valence-corrected chi connectivity index (χ1v) is 24.7. The molecular formula is C66H60N4O2. The Balaban J connectivity index is 1.15. The van der Waals surface area contributed by atoms with Gasteiger partial charge in [-0.05, 0) is 149 Å². The van der Waals surface area contributed by atoms with Crippen molar-refractivity contribution < 1.29 is 23.2 Å². The summed E-state index contributed by atoms with van der Waals surface area (Å²) in [5.74, 6) is 0.419. The molecule has 0 saturated heterocycles. The topological polar surface area (TPSA) is 42.8 Å². The van der Waals surface area contributed by atoms with Crippen molar-refractivity contribution in [3.63, 3.8) is 0 Å². The van der Waals surface area contributed by atoms with Crippen LogP contribution in [0.2, 0.25) is 0 Å². The van der Waals surface area contributed by atoms with Gasteiger partial charge in [0.15, 0.2) is 0 Å². The summed E-state index contributed by atoms with van der Waals surface area (Å²) in [6, 6.07) is 48.3. The van der Waals surface area contributed by atoms with E-state index in [4.69, 9.17) is 17.2 Å². The molecular weight excluding hydrogens is 881 g/mol. The van der Waals surface area contributed by atoms with Gasteiger partial charge in [0.25, 0.3) is 0 Å². The predicted octanol–water partition coefficient (Wildman–Crippen LogP) is 17.9. The number of fused-ring (bicyclic) bond motifs is 5. The lowest BCUT2D eigenvalue weighted by molar-refractivity contribution is 0.471. The Labute approximate surface area is 437 Å². The van der Waals surface area contributed by atoms with E-state index in [2.05, 4.69) is 21.9 Å². The molecule has 0 spiro atoms. The van der Waals surface area contributed by atoms with Gasteiger partial charge in [0.2, 0.25) is 0 Å². The highest BCUT2D eigenvalue weighted by Gasteiger charge is 2.32. The van der Waals surface area contributed by atoms with Gasteiger partial charge in [-0.1, -0.05) is 132 Å². The number of hydrogen-bond acceptors (Lipinski definition) is 5. The van der Waals surface area contributed by atoms with Gasteiger partial charge in [0.05, 0.1) is 33.6 Å². The number of hydrogen-bond donors (Lipinski definition) is 0. The third-order valence-electron chi connectivity index (χ3n) is 13.1. The number of ether oxygens (including phenoxy) is 2. The van der Waals surface area contributed by atoms with Crippen LogP contribution in [-0.2, 0) is 19.1 Å². The largest absolute Gasteiger partial charge is 0.457 e. The van der Waals surface area contributed by atoms with E-state index in [1.54, 1.807) is 54.9 Å². The lowest BCUT2D eigenvalue weighted by atomic mass is 9.90. The van der Waals surface area contributed by atoms with E-state index in [0.717, 1.165) is 39.3 Å². The number of pyridine rings is 1. The van der Waals surface area contributed by atoms with Crippen molar-refractivity contribution in [3.8, 4) is 62.2 Å². The van der Waals surface area contributed by atoms with Crippen molar-refractivity contribution in [2.75, 3.05) is 16.5 Å². The maximum Gasteiger partial charge on any atom is 0.137 e. The Morgan fingerprint density at radius 2 is 1.19 bits per heavy atom. The van der Waals surface area contributed by atoms with Gasteiger partial charge in [-0.15, -0.1) is 0 Å². The SMILES string of the molecule is [2H]c1c([2H])c([2H])c2c(c1[2H])c1ccc3cc1n2-c1cc(C([2H])([2H])C(C)C)c(cn1)-c1cccc(c1)Oc1ccc(cc1)-c1cc(C([2H])([2H])C(C)C)cc(-c2ccccc2)c1N1CN(c2ccc(C([2H])([2H])C(C)C)c(c2)O3)c2ccccc21. The maximum absolute atomic E-state index is 9.64. The summed E-state index contributed by atoms with van der Waals surface area (Å²) in [5.41, 5.74) is 9.51. The number of benzene rings is 8. The Morgan fingerprint density at radius 1 is 0.528 bits per heavy atom. The molecule has 0 saturated carbocycles. The van der Waals surface area contributed by atoms with E-state index >= 15 is 0 Å². The van der Waals surface area contributed by atoms with Crippen LogP contribution in [0.1, 0.15) is 71.9 Å². The van der Waals surface area contributed by atoms with Gasteiger partial charge < -0.3 is 19.3 Å². The summed E-state index contributed by atoms with van der Waals surface area (Å²) in [7, 11) is 0. The van der Waals surface area contributed by atoms with Crippen molar-refractivity contribution in [3.05, 3.63) is 205 Å². The van der Waals surface area contributed by atoms with Crippen molar-refractivity contribution >= 4 is 44.6 Å². The number of rotatable bonds is 7. The van der Waals surface area contributed by atoms with Crippen LogP contribution in [0.4, 0.5) is 22.7 Å². The maximum atomic E-state index is 9.64. The van der Waals surface area contributed by atoms with Gasteiger partial charge >= 0.3 is 0 Å². The van der Waals surface area contributed by atoms with Crippen LogP contribution in [0.25, 0.3) is 61.0 Å². The lowest BCUT2D eigenvalue weighted by Crippen LogP contribution is -2.25. The van der Waals surface area contributed by atoms with Crippen molar-refractivity contribution in [2.24, 2.45) is 17.8 Å². The zero-order chi connectivity index (χ0) is 57.9. The highest BCUT2D eigenvalue weighted by molar-refractivity contribution is 6.09. The van der Waals surface area contributed by atoms with Gasteiger partial charge in [0.1, 0.15) is 35.5 Å². The number of nitrogens with zero attached hydrogens (tertiary/aromatic N) is 4. The Kier molecular flexibility index (Phi) is 9.05. The Bertz CT molecular complexity index is 4180. The average molecular weight is 951 g/mol. The van der Waals surface area contributed by atoms with Crippen LogP contribution >= 0.6 is 0 Å². The molecule has 356 valence electrons. The molecule has 4 aliphatic rings. The van der Waals surface area contributed by atoms with Gasteiger partial charge in [-0.3, -0.25) is 4.57 Å². The molecule has 12 bridgehead atoms. The smallest absolute Gasteiger partial charge is 0.137 e. The van der Waals surface area contributed by atoms with Crippen LogP contribution in [0.5, 0.6) is 23.0 Å². The highest BCUT2D eigenvalue weighted by atomic mass is 16.5. The van der Waals surface area contributed by atoms with Gasteiger partial charge in [-0.2, -0.15) is 0 Å². The molecule has 8 aromatic carbocycles. The second-order valence-corrected chi connectivity index (χ2v) is 19.4. The summed E-state index contributed by atoms with van der Waals surface area (Å²) in [4.78, 5) is 9.42. The molecule has 4 aliphatic heterocycles. The quantitative estimate of drug-likeness (QED) is 0.159. The van der Waals surface area contributed by atoms with E-state index in [1.165, 1.54) is 0 Å². The number of para-hydroxylation sites is 3. The summed E-state index contributed by atoms with van der Waals surface area (Å²) >= 11 is 0. The average Bonchev–Trinajstić information content (AvgIpc) is 2.97. The molecule has 0 atom stereocenters. The van der Waals surface area contributed by atoms with Crippen LogP contribution in [0.3, 0.4) is 0 Å². The van der Waals surface area contributed by atoms with E-state index in [0.29, 0.717) is 62.6 Å². The van der Waals surface area contributed by atoms with Crippen molar-refractivity contribution in [1.29, 1.82) is 0 Å². The Hall–Kier alpha value is -8.09. The molecule has 0 radical (unpaired) electrons. The molecule has 0 amide bonds. The molecule has 14 rings (SSSR count). The molecule has 2 aromatic heterocycles. The first-order valence-electron chi connectivity index (χ1n) is 29.7. The molecule has 0 N–H and O–H groups in total. The number of anilines is 4. The normalized spacial score (nSPS) is 15.6. The first kappa shape index (κ1) is 35.1. The molecule has 6 heterocycles. The highest BCUT2D eigenvalue weighted by Crippen LogP contribution is 2.51. The summed E-state index contributed by atoms with van der Waals surface area (Å²) in [6.45, 7) is 11.3. The third-order valence-corrected chi connectivity index (χ3v) is 13.1. The summed E-state index contributed by atoms with van der Waals surface area (Å²) < 4.78 is 109. The van der Waals surface area contributed by atoms with Crippen LogP contribution in [0, 0.1) is 17.8 Å². The second-order valence-electron chi connectivity index (χ2n) is 19.4. The molecule has 6 nitrogen and oxygen atoms in total. The standard InChI is InChI=1S/C66H60N4O2/c1-42(2)31-45-34-57(46-15-8-7-9-16-46)66-58(35-45)47-24-27-52(28-25-47)71-53-18-14-17-48(36-53)59-40-67-65(37-50(59)33-44(5)6)70-60-20-11-10-19-55(60)56-30-29-54(39-63(56)70)72-64-38-51(26-23-49(64)32-43(3)4)68-41-69(66)62-22-13-12-21-61(62)68/h7-30,34-40,42-44H,31-33,41H2,1-6H3/i10D,11D,19D,20D,31D2,32D2,33D2. The monoisotopic (exact) mass is 951 g/mol. The van der Waals surface area contributed by atoms with E-state index in [-0.39, 0.29) is 46.2 Å². The fourth-order valence-electron chi connectivity index (χ4n) is 10.1. The molecule has 0 aliphatic carbocycles. The molecule has 6 heteroatoms. The summed E-state index contributed by atoms with van der Waals surface area (Å²) in [6.07, 6.45) is -3.93. The lowest BCUT2D eigenvalue weighted by Gasteiger charge is -2.28. The van der Waals surface area contributed by atoms with Crippen LogP contribution < -0.4 is 19.3 Å². The minimum Gasteiger partial charge on any atom is -0.457 e. The zero-order valence-electron chi connectivity index (χ0n) is 51.1. The van der Waals surface area contributed by atoms with E-state index < -0.39 is 43.0 Å². The van der Waals surface area contributed by atoms with Crippen molar-refractivity contribution in [1.82, 2.24) is 9.55 Å². The minimum absolute atomic E-state index is 0.149. The molecule has 0 fully saturated rings. The fourth-order valence-corrected chi connectivity index (χ4v) is 10.1. The van der Waals surface area contributed by atoms with E-state index in [9.17, 15) is 11.0 Å². The third kappa shape index (κ3) is 8.45. The molecule has 72 heavy (non-hydrogen) atoms. The van der Waals surface area contributed by atoms with Crippen molar-refractivity contribution in [2.45, 2.75) is 60.7 Å².